The van der Waals surface area contributed by atoms with Crippen molar-refractivity contribution in [2.75, 3.05) is 0 Å². The van der Waals surface area contributed by atoms with Crippen molar-refractivity contribution in [3.8, 4) is 0 Å². The molecule has 1 aliphatic rings. The Labute approximate surface area is 142 Å². The zero-order valence-corrected chi connectivity index (χ0v) is 13.8. The van der Waals surface area contributed by atoms with Gasteiger partial charge < -0.3 is 4.74 Å². The van der Waals surface area contributed by atoms with Crippen molar-refractivity contribution in [3.05, 3.63) is 106 Å². The maximum absolute atomic E-state index is 12.5. The second-order valence-corrected chi connectivity index (χ2v) is 6.41. The lowest BCUT2D eigenvalue weighted by molar-refractivity contribution is 0.0251. The Balaban J connectivity index is 2.06. The van der Waals surface area contributed by atoms with Crippen LogP contribution >= 0.6 is 15.9 Å². The molecule has 4 rings (SSSR count). The molecule has 2 nitrogen and oxygen atoms in total. The lowest BCUT2D eigenvalue weighted by Crippen LogP contribution is -2.29. The van der Waals surface area contributed by atoms with Crippen molar-refractivity contribution >= 4 is 21.9 Å². The van der Waals surface area contributed by atoms with E-state index in [-0.39, 0.29) is 5.97 Å². The van der Waals surface area contributed by atoms with Crippen LogP contribution in [0.3, 0.4) is 0 Å². The lowest BCUT2D eigenvalue weighted by atomic mass is 9.80. The minimum Gasteiger partial charge on any atom is -0.441 e. The number of halogens is 1. The van der Waals surface area contributed by atoms with Gasteiger partial charge in [-0.15, -0.1) is 0 Å². The standard InChI is InChI=1S/C20H13BrO2/c21-16-11-12-18-17(13-16)19(22)23-20(18,14-7-3-1-4-8-14)15-9-5-2-6-10-15/h1-13H. The number of benzene rings is 3. The van der Waals surface area contributed by atoms with Crippen molar-refractivity contribution in [2.45, 2.75) is 5.60 Å². The molecule has 112 valence electrons. The van der Waals surface area contributed by atoms with Gasteiger partial charge in [0.25, 0.3) is 0 Å². The SMILES string of the molecule is O=C1OC(c2ccccc2)(c2ccccc2)c2ccc(Br)cc21. The molecule has 23 heavy (non-hydrogen) atoms. The van der Waals surface area contributed by atoms with Gasteiger partial charge in [-0.2, -0.15) is 0 Å². The molecule has 1 aliphatic heterocycles. The first-order valence-corrected chi connectivity index (χ1v) is 8.15. The molecule has 0 N–H and O–H groups in total. The number of hydrogen-bond acceptors (Lipinski definition) is 2. The summed E-state index contributed by atoms with van der Waals surface area (Å²) in [6, 6.07) is 25.5. The summed E-state index contributed by atoms with van der Waals surface area (Å²) < 4.78 is 6.85. The summed E-state index contributed by atoms with van der Waals surface area (Å²) in [5, 5.41) is 0. The first-order chi connectivity index (χ1) is 11.2. The molecule has 3 heteroatoms. The van der Waals surface area contributed by atoms with E-state index in [9.17, 15) is 4.79 Å². The van der Waals surface area contributed by atoms with Gasteiger partial charge in [-0.05, 0) is 12.1 Å². The quantitative estimate of drug-likeness (QED) is 0.603. The van der Waals surface area contributed by atoms with Crippen molar-refractivity contribution in [2.24, 2.45) is 0 Å². The van der Waals surface area contributed by atoms with Crippen LogP contribution in [-0.2, 0) is 10.3 Å². The Morgan fingerprint density at radius 1 is 0.783 bits per heavy atom. The molecule has 1 heterocycles. The molecule has 0 amide bonds. The molecule has 3 aromatic rings. The molecule has 0 fully saturated rings. The fourth-order valence-electron chi connectivity index (χ4n) is 3.18. The Morgan fingerprint density at radius 2 is 1.35 bits per heavy atom. The van der Waals surface area contributed by atoms with E-state index >= 15 is 0 Å². The van der Waals surface area contributed by atoms with Crippen LogP contribution in [0.5, 0.6) is 0 Å². The monoisotopic (exact) mass is 364 g/mol. The van der Waals surface area contributed by atoms with Crippen LogP contribution in [0.25, 0.3) is 0 Å². The predicted molar refractivity (Wildman–Crippen MR) is 92.3 cm³/mol. The van der Waals surface area contributed by atoms with E-state index in [0.29, 0.717) is 5.56 Å². The highest BCUT2D eigenvalue weighted by Crippen LogP contribution is 2.47. The maximum atomic E-state index is 12.5. The number of carbonyl (C=O) groups is 1. The molecule has 0 bridgehead atoms. The molecular weight excluding hydrogens is 352 g/mol. The molecule has 3 aromatic carbocycles. The number of rotatable bonds is 2. The van der Waals surface area contributed by atoms with E-state index in [2.05, 4.69) is 15.9 Å². The highest BCUT2D eigenvalue weighted by Gasteiger charge is 2.48. The van der Waals surface area contributed by atoms with Crippen LogP contribution < -0.4 is 0 Å². The second-order valence-electron chi connectivity index (χ2n) is 5.49. The van der Waals surface area contributed by atoms with E-state index in [4.69, 9.17) is 4.74 Å². The average Bonchev–Trinajstić information content (AvgIpc) is 2.90. The first-order valence-electron chi connectivity index (χ1n) is 7.36. The summed E-state index contributed by atoms with van der Waals surface area (Å²) in [5.74, 6) is -0.297. The lowest BCUT2D eigenvalue weighted by Gasteiger charge is -2.30. The average molecular weight is 365 g/mol. The molecule has 0 spiro atoms. The minimum atomic E-state index is -0.893. The molecule has 0 aromatic heterocycles. The third kappa shape index (κ3) is 2.12. The largest absolute Gasteiger partial charge is 0.441 e. The first kappa shape index (κ1) is 14.2. The Hall–Kier alpha value is -2.39. The zero-order chi connectivity index (χ0) is 15.9. The normalized spacial score (nSPS) is 15.1. The summed E-state index contributed by atoms with van der Waals surface area (Å²) in [6.07, 6.45) is 0. The van der Waals surface area contributed by atoms with Gasteiger partial charge in [-0.25, -0.2) is 4.79 Å². The molecule has 0 unspecified atom stereocenters. The Morgan fingerprint density at radius 3 is 1.91 bits per heavy atom. The Kier molecular flexibility index (Phi) is 3.31. The van der Waals surface area contributed by atoms with E-state index in [1.807, 2.05) is 78.9 Å². The van der Waals surface area contributed by atoms with E-state index < -0.39 is 5.60 Å². The third-order valence-electron chi connectivity index (χ3n) is 4.19. The van der Waals surface area contributed by atoms with Gasteiger partial charge in [0.05, 0.1) is 5.56 Å². The minimum absolute atomic E-state index is 0.297. The molecule has 0 radical (unpaired) electrons. The number of esters is 1. The van der Waals surface area contributed by atoms with Crippen LogP contribution in [0.2, 0.25) is 0 Å². The van der Waals surface area contributed by atoms with Gasteiger partial charge in [-0.1, -0.05) is 82.7 Å². The fraction of sp³-hybridized carbons (Fsp3) is 0.0500. The van der Waals surface area contributed by atoms with E-state index in [0.717, 1.165) is 21.2 Å². The fourth-order valence-corrected chi connectivity index (χ4v) is 3.54. The van der Waals surface area contributed by atoms with Crippen LogP contribution in [0.1, 0.15) is 27.0 Å². The maximum Gasteiger partial charge on any atom is 0.340 e. The summed E-state index contributed by atoms with van der Waals surface area (Å²) in [5.41, 5.74) is 2.48. The van der Waals surface area contributed by atoms with Crippen LogP contribution in [0.4, 0.5) is 0 Å². The highest BCUT2D eigenvalue weighted by molar-refractivity contribution is 9.10. The van der Waals surface area contributed by atoms with Crippen molar-refractivity contribution in [1.29, 1.82) is 0 Å². The van der Waals surface area contributed by atoms with Gasteiger partial charge in [0.15, 0.2) is 5.60 Å². The van der Waals surface area contributed by atoms with Gasteiger partial charge in [0, 0.05) is 21.2 Å². The zero-order valence-electron chi connectivity index (χ0n) is 12.2. The topological polar surface area (TPSA) is 26.3 Å². The van der Waals surface area contributed by atoms with Crippen molar-refractivity contribution < 1.29 is 9.53 Å². The number of cyclic esters (lactones) is 1. The van der Waals surface area contributed by atoms with Crippen molar-refractivity contribution in [3.63, 3.8) is 0 Å². The third-order valence-corrected chi connectivity index (χ3v) is 4.68. The van der Waals surface area contributed by atoms with Crippen LogP contribution in [0.15, 0.2) is 83.3 Å². The summed E-state index contributed by atoms with van der Waals surface area (Å²) >= 11 is 3.43. The van der Waals surface area contributed by atoms with Gasteiger partial charge >= 0.3 is 5.97 Å². The van der Waals surface area contributed by atoms with Gasteiger partial charge in [-0.3, -0.25) is 0 Å². The number of hydrogen-bond donors (Lipinski definition) is 0. The highest BCUT2D eigenvalue weighted by atomic mass is 79.9. The number of ether oxygens (including phenoxy) is 1. The summed E-state index contributed by atoms with van der Waals surface area (Å²) in [7, 11) is 0. The van der Waals surface area contributed by atoms with Crippen LogP contribution in [-0.4, -0.2) is 5.97 Å². The van der Waals surface area contributed by atoms with Crippen molar-refractivity contribution in [1.82, 2.24) is 0 Å². The van der Waals surface area contributed by atoms with Crippen LogP contribution in [0, 0.1) is 0 Å². The molecule has 0 saturated heterocycles. The molecule has 0 atom stereocenters. The number of carbonyl (C=O) groups excluding carboxylic acids is 1. The molecular formula is C20H13BrO2. The van der Waals surface area contributed by atoms with E-state index in [1.54, 1.807) is 0 Å². The number of fused-ring (bicyclic) bond motifs is 1. The molecule has 0 saturated carbocycles. The smallest absolute Gasteiger partial charge is 0.340 e. The Bertz CT molecular complexity index is 833. The van der Waals surface area contributed by atoms with E-state index in [1.165, 1.54) is 0 Å². The predicted octanol–water partition coefficient (Wildman–Crippen LogP) is 4.91. The summed E-state index contributed by atoms with van der Waals surface area (Å²) in [4.78, 5) is 12.5. The van der Waals surface area contributed by atoms with Gasteiger partial charge in [0.1, 0.15) is 0 Å². The van der Waals surface area contributed by atoms with Gasteiger partial charge in [0.2, 0.25) is 0 Å². The summed E-state index contributed by atoms with van der Waals surface area (Å²) in [6.45, 7) is 0. The second kappa shape index (κ2) is 5.36. The molecule has 0 aliphatic carbocycles.